The minimum atomic E-state index is -1.25. The number of hydrogen-bond acceptors (Lipinski definition) is 8. The van der Waals surface area contributed by atoms with Crippen molar-refractivity contribution in [2.24, 2.45) is 5.73 Å². The predicted molar refractivity (Wildman–Crippen MR) is 119 cm³/mol. The van der Waals surface area contributed by atoms with Crippen LogP contribution in [0, 0.1) is 0 Å². The molecule has 0 radical (unpaired) electrons. The van der Waals surface area contributed by atoms with Gasteiger partial charge in [-0.1, -0.05) is 12.1 Å². The summed E-state index contributed by atoms with van der Waals surface area (Å²) in [6.45, 7) is 0.721. The lowest BCUT2D eigenvalue weighted by molar-refractivity contribution is -0.138. The van der Waals surface area contributed by atoms with Gasteiger partial charge in [-0.2, -0.15) is 11.8 Å². The molecular formula is C20H30N4O7S. The lowest BCUT2D eigenvalue weighted by Gasteiger charge is -2.24. The van der Waals surface area contributed by atoms with Crippen molar-refractivity contribution in [2.45, 2.75) is 44.0 Å². The van der Waals surface area contributed by atoms with E-state index in [0.717, 1.165) is 0 Å². The largest absolute Gasteiger partial charge is 0.508 e. The number of nitrogens with two attached hydrogens (primary N) is 1. The number of carboxylic acid groups (broad SMARTS) is 1. The zero-order valence-corrected chi connectivity index (χ0v) is 18.7. The molecule has 4 unspecified atom stereocenters. The molecular weight excluding hydrogens is 440 g/mol. The molecule has 1 aromatic carbocycles. The summed E-state index contributed by atoms with van der Waals surface area (Å²) in [6.07, 6.45) is 0.968. The summed E-state index contributed by atoms with van der Waals surface area (Å²) >= 11 is 1.45. The molecule has 1 aromatic rings. The Morgan fingerprint density at radius 1 is 1.03 bits per heavy atom. The molecule has 0 aliphatic rings. The van der Waals surface area contributed by atoms with Gasteiger partial charge in [-0.05, 0) is 43.0 Å². The van der Waals surface area contributed by atoms with Crippen LogP contribution in [0.3, 0.4) is 0 Å². The number of nitrogens with one attached hydrogen (secondary N) is 3. The zero-order chi connectivity index (χ0) is 24.3. The molecule has 0 heterocycles. The van der Waals surface area contributed by atoms with E-state index >= 15 is 0 Å². The molecule has 1 rings (SSSR count). The molecule has 0 spiro atoms. The normalized spacial score (nSPS) is 14.5. The molecule has 0 saturated heterocycles. The Morgan fingerprint density at radius 3 is 2.16 bits per heavy atom. The number of aliphatic carboxylic acids is 1. The molecule has 3 amide bonds. The molecule has 0 aromatic heterocycles. The topological polar surface area (TPSA) is 191 Å². The number of aliphatic hydroxyl groups excluding tert-OH is 1. The van der Waals surface area contributed by atoms with E-state index in [4.69, 9.17) is 10.8 Å². The SMILES string of the molecule is CSCCC(NC(=O)C(N)C(C)O)C(=O)NC(Cc1ccc(O)cc1)C(=O)NCC(=O)O. The van der Waals surface area contributed by atoms with E-state index in [1.165, 1.54) is 30.8 Å². The molecule has 12 heteroatoms. The number of carboxylic acids is 1. The van der Waals surface area contributed by atoms with Gasteiger partial charge in [-0.3, -0.25) is 19.2 Å². The summed E-state index contributed by atoms with van der Waals surface area (Å²) in [4.78, 5) is 48.5. The van der Waals surface area contributed by atoms with Gasteiger partial charge < -0.3 is 37.0 Å². The Balaban J connectivity index is 3.00. The minimum Gasteiger partial charge on any atom is -0.508 e. The highest BCUT2D eigenvalue weighted by molar-refractivity contribution is 7.98. The first kappa shape index (κ1) is 27.2. The molecule has 0 bridgehead atoms. The molecule has 8 N–H and O–H groups in total. The van der Waals surface area contributed by atoms with Crippen molar-refractivity contribution in [1.29, 1.82) is 0 Å². The minimum absolute atomic E-state index is 0.0217. The van der Waals surface area contributed by atoms with Crippen molar-refractivity contribution in [3.8, 4) is 5.75 Å². The molecule has 0 fully saturated rings. The van der Waals surface area contributed by atoms with E-state index in [1.807, 2.05) is 6.26 Å². The van der Waals surface area contributed by atoms with E-state index in [9.17, 15) is 29.4 Å². The fourth-order valence-electron chi connectivity index (χ4n) is 2.63. The van der Waals surface area contributed by atoms with Gasteiger partial charge in [0.2, 0.25) is 17.7 Å². The number of phenolic OH excluding ortho intramolecular Hbond substituents is 1. The Hall–Kier alpha value is -2.83. The Kier molecular flexibility index (Phi) is 11.5. The second-order valence-electron chi connectivity index (χ2n) is 7.15. The third-order valence-corrected chi connectivity index (χ3v) is 5.13. The third kappa shape index (κ3) is 9.54. The number of phenols is 1. The molecule has 0 aliphatic heterocycles. The monoisotopic (exact) mass is 470 g/mol. The van der Waals surface area contributed by atoms with Crippen LogP contribution in [0.25, 0.3) is 0 Å². The average molecular weight is 471 g/mol. The maximum Gasteiger partial charge on any atom is 0.322 e. The van der Waals surface area contributed by atoms with Crippen LogP contribution in [0.4, 0.5) is 0 Å². The fraction of sp³-hybridized carbons (Fsp3) is 0.500. The molecule has 32 heavy (non-hydrogen) atoms. The molecule has 0 saturated carbocycles. The van der Waals surface area contributed by atoms with Crippen molar-refractivity contribution in [3.05, 3.63) is 29.8 Å². The smallest absolute Gasteiger partial charge is 0.322 e. The summed E-state index contributed by atoms with van der Waals surface area (Å²) in [5.41, 5.74) is 6.24. The second kappa shape index (κ2) is 13.6. The van der Waals surface area contributed by atoms with Crippen molar-refractivity contribution < 1.29 is 34.5 Å². The number of rotatable bonds is 13. The summed E-state index contributed by atoms with van der Waals surface area (Å²) < 4.78 is 0. The summed E-state index contributed by atoms with van der Waals surface area (Å²) in [7, 11) is 0. The Labute approximate surface area is 190 Å². The van der Waals surface area contributed by atoms with Gasteiger partial charge in [0.25, 0.3) is 0 Å². The average Bonchev–Trinajstić information content (AvgIpc) is 2.74. The Bertz CT molecular complexity index is 789. The van der Waals surface area contributed by atoms with Gasteiger partial charge in [-0.15, -0.1) is 0 Å². The lowest BCUT2D eigenvalue weighted by atomic mass is 10.0. The van der Waals surface area contributed by atoms with Gasteiger partial charge in [0, 0.05) is 6.42 Å². The van der Waals surface area contributed by atoms with E-state index in [1.54, 1.807) is 12.1 Å². The lowest BCUT2D eigenvalue weighted by Crippen LogP contribution is -2.57. The van der Waals surface area contributed by atoms with Gasteiger partial charge >= 0.3 is 5.97 Å². The fourth-order valence-corrected chi connectivity index (χ4v) is 3.10. The molecule has 11 nitrogen and oxygen atoms in total. The summed E-state index contributed by atoms with van der Waals surface area (Å²) in [5.74, 6) is -2.78. The first-order chi connectivity index (χ1) is 15.0. The molecule has 4 atom stereocenters. The number of carbonyl (C=O) groups is 4. The van der Waals surface area contributed by atoms with Crippen LogP contribution in [0.5, 0.6) is 5.75 Å². The van der Waals surface area contributed by atoms with Gasteiger partial charge in [0.1, 0.15) is 30.4 Å². The highest BCUT2D eigenvalue weighted by Crippen LogP contribution is 2.12. The number of aromatic hydroxyl groups is 1. The van der Waals surface area contributed by atoms with Crippen LogP contribution >= 0.6 is 11.8 Å². The highest BCUT2D eigenvalue weighted by atomic mass is 32.2. The maximum atomic E-state index is 12.9. The standard InChI is InChI=1S/C20H30N4O7S/c1-11(25)17(21)20(31)23-14(7-8-32-2)19(30)24-15(18(29)22-10-16(27)28)9-12-3-5-13(26)6-4-12/h3-6,11,14-15,17,25-26H,7-10,21H2,1-2H3,(H,22,29)(H,23,31)(H,24,30)(H,27,28). The van der Waals surface area contributed by atoms with Crippen LogP contribution in [0.15, 0.2) is 24.3 Å². The van der Waals surface area contributed by atoms with Gasteiger partial charge in [0.05, 0.1) is 6.10 Å². The highest BCUT2D eigenvalue weighted by Gasteiger charge is 2.29. The van der Waals surface area contributed by atoms with Crippen molar-refractivity contribution in [3.63, 3.8) is 0 Å². The number of thioether (sulfide) groups is 1. The first-order valence-corrected chi connectivity index (χ1v) is 11.2. The Morgan fingerprint density at radius 2 is 1.62 bits per heavy atom. The second-order valence-corrected chi connectivity index (χ2v) is 8.14. The van der Waals surface area contributed by atoms with Crippen LogP contribution in [0.2, 0.25) is 0 Å². The van der Waals surface area contributed by atoms with Crippen molar-refractivity contribution in [1.82, 2.24) is 16.0 Å². The van der Waals surface area contributed by atoms with E-state index in [0.29, 0.717) is 11.3 Å². The third-order valence-electron chi connectivity index (χ3n) is 4.49. The maximum absolute atomic E-state index is 12.9. The number of benzene rings is 1. The van der Waals surface area contributed by atoms with E-state index in [-0.39, 0.29) is 18.6 Å². The van der Waals surface area contributed by atoms with E-state index < -0.39 is 54.5 Å². The van der Waals surface area contributed by atoms with E-state index in [2.05, 4.69) is 16.0 Å². The van der Waals surface area contributed by atoms with Crippen LogP contribution in [0.1, 0.15) is 18.9 Å². The number of amides is 3. The zero-order valence-electron chi connectivity index (χ0n) is 17.9. The molecule has 178 valence electrons. The number of hydrogen-bond donors (Lipinski definition) is 7. The van der Waals surface area contributed by atoms with Gasteiger partial charge in [-0.25, -0.2) is 0 Å². The quantitative estimate of drug-likeness (QED) is 0.181. The number of aliphatic hydroxyl groups is 1. The van der Waals surface area contributed by atoms with Crippen molar-refractivity contribution in [2.75, 3.05) is 18.6 Å². The summed E-state index contributed by atoms with van der Waals surface area (Å²) in [6, 6.07) is 2.58. The van der Waals surface area contributed by atoms with Gasteiger partial charge in [0.15, 0.2) is 0 Å². The number of carbonyl (C=O) groups excluding carboxylic acids is 3. The first-order valence-electron chi connectivity index (χ1n) is 9.85. The van der Waals surface area contributed by atoms with Crippen LogP contribution < -0.4 is 21.7 Å². The molecule has 0 aliphatic carbocycles. The van der Waals surface area contributed by atoms with Crippen LogP contribution in [-0.4, -0.2) is 81.8 Å². The predicted octanol–water partition coefficient (Wildman–Crippen LogP) is -1.43. The van der Waals surface area contributed by atoms with Crippen molar-refractivity contribution >= 4 is 35.5 Å². The summed E-state index contributed by atoms with van der Waals surface area (Å²) in [5, 5.41) is 35.0. The van der Waals surface area contributed by atoms with Crippen LogP contribution in [-0.2, 0) is 25.6 Å².